The summed E-state index contributed by atoms with van der Waals surface area (Å²) in [6, 6.07) is 19.0. The Hall–Kier alpha value is -3.31. The molecule has 0 aromatic heterocycles. The molecule has 132 valence electrons. The molecule has 3 aromatic carbocycles. The highest BCUT2D eigenvalue weighted by atomic mass is 16.5. The van der Waals surface area contributed by atoms with E-state index in [0.29, 0.717) is 5.75 Å². The van der Waals surface area contributed by atoms with Crippen LogP contribution in [0.5, 0.6) is 11.5 Å². The largest absolute Gasteiger partial charge is 0.508 e. The summed E-state index contributed by atoms with van der Waals surface area (Å²) in [5, 5.41) is 27.7. The standard InChI is InChI=1S/C21H18O5/c22-9-10-26-20-7-3-15(4-8-20)17-11-16(12-18(13-17)21(24)25)14-1-5-19(23)6-2-14/h1-8,11-13,22-23H,9-10H2,(H,24,25). The van der Waals surface area contributed by atoms with Gasteiger partial charge in [-0.3, -0.25) is 0 Å². The van der Waals surface area contributed by atoms with Crippen LogP contribution in [0.2, 0.25) is 0 Å². The fourth-order valence-electron chi connectivity index (χ4n) is 2.65. The molecule has 0 fully saturated rings. The van der Waals surface area contributed by atoms with E-state index in [1.165, 1.54) is 0 Å². The van der Waals surface area contributed by atoms with E-state index in [9.17, 15) is 15.0 Å². The molecule has 0 aliphatic rings. The minimum atomic E-state index is -1.00. The van der Waals surface area contributed by atoms with E-state index in [1.54, 1.807) is 48.5 Å². The summed E-state index contributed by atoms with van der Waals surface area (Å²) in [5.41, 5.74) is 3.37. The van der Waals surface area contributed by atoms with Gasteiger partial charge in [0.05, 0.1) is 12.2 Å². The van der Waals surface area contributed by atoms with Crippen LogP contribution in [-0.2, 0) is 0 Å². The summed E-state index contributed by atoms with van der Waals surface area (Å²) >= 11 is 0. The number of hydrogen-bond donors (Lipinski definition) is 3. The van der Waals surface area contributed by atoms with Crippen molar-refractivity contribution in [3.63, 3.8) is 0 Å². The molecular formula is C21H18O5. The van der Waals surface area contributed by atoms with E-state index in [4.69, 9.17) is 9.84 Å². The second kappa shape index (κ2) is 7.72. The highest BCUT2D eigenvalue weighted by Gasteiger charge is 2.10. The average molecular weight is 350 g/mol. The molecule has 0 bridgehead atoms. The first-order valence-electron chi connectivity index (χ1n) is 8.09. The van der Waals surface area contributed by atoms with Gasteiger partial charge in [0.15, 0.2) is 0 Å². The van der Waals surface area contributed by atoms with Crippen LogP contribution in [0, 0.1) is 0 Å². The fourth-order valence-corrected chi connectivity index (χ4v) is 2.65. The van der Waals surface area contributed by atoms with Gasteiger partial charge in [-0.15, -0.1) is 0 Å². The lowest BCUT2D eigenvalue weighted by Crippen LogP contribution is -2.01. The Balaban J connectivity index is 2.00. The van der Waals surface area contributed by atoms with E-state index in [-0.39, 0.29) is 24.5 Å². The molecule has 0 saturated carbocycles. The van der Waals surface area contributed by atoms with Crippen molar-refractivity contribution in [2.75, 3.05) is 13.2 Å². The lowest BCUT2D eigenvalue weighted by atomic mass is 9.96. The summed E-state index contributed by atoms with van der Waals surface area (Å²) in [6.07, 6.45) is 0. The van der Waals surface area contributed by atoms with Gasteiger partial charge in [-0.05, 0) is 64.7 Å². The number of aromatic carboxylic acids is 1. The van der Waals surface area contributed by atoms with Gasteiger partial charge in [0.1, 0.15) is 18.1 Å². The van der Waals surface area contributed by atoms with Gasteiger partial charge in [0, 0.05) is 0 Å². The molecule has 0 spiro atoms. The van der Waals surface area contributed by atoms with Gasteiger partial charge in [-0.2, -0.15) is 0 Å². The van der Waals surface area contributed by atoms with Crippen molar-refractivity contribution >= 4 is 5.97 Å². The molecule has 0 heterocycles. The normalized spacial score (nSPS) is 10.5. The second-order valence-electron chi connectivity index (χ2n) is 5.75. The molecule has 5 heteroatoms. The van der Waals surface area contributed by atoms with Crippen molar-refractivity contribution in [1.82, 2.24) is 0 Å². The second-order valence-corrected chi connectivity index (χ2v) is 5.75. The predicted molar refractivity (Wildman–Crippen MR) is 98.5 cm³/mol. The number of carboxylic acid groups (broad SMARTS) is 1. The highest BCUT2D eigenvalue weighted by Crippen LogP contribution is 2.30. The molecule has 0 radical (unpaired) electrons. The fraction of sp³-hybridized carbons (Fsp3) is 0.0952. The third-order valence-corrected chi connectivity index (χ3v) is 3.93. The first kappa shape index (κ1) is 17.5. The number of hydrogen-bond acceptors (Lipinski definition) is 4. The Labute approximate surface area is 150 Å². The predicted octanol–water partition coefficient (Wildman–Crippen LogP) is 3.80. The summed E-state index contributed by atoms with van der Waals surface area (Å²) in [7, 11) is 0. The molecule has 0 unspecified atom stereocenters. The summed E-state index contributed by atoms with van der Waals surface area (Å²) in [6.45, 7) is 0.164. The van der Waals surface area contributed by atoms with Gasteiger partial charge >= 0.3 is 5.97 Å². The van der Waals surface area contributed by atoms with Crippen molar-refractivity contribution in [2.45, 2.75) is 0 Å². The van der Waals surface area contributed by atoms with E-state index < -0.39 is 5.97 Å². The van der Waals surface area contributed by atoms with E-state index in [2.05, 4.69) is 0 Å². The summed E-state index contributed by atoms with van der Waals surface area (Å²) < 4.78 is 5.34. The van der Waals surface area contributed by atoms with Crippen LogP contribution in [0.15, 0.2) is 66.7 Å². The molecule has 3 aromatic rings. The molecular weight excluding hydrogens is 332 g/mol. The number of phenolic OH excluding ortho intramolecular Hbond substituents is 1. The van der Waals surface area contributed by atoms with Crippen LogP contribution >= 0.6 is 0 Å². The van der Waals surface area contributed by atoms with Crippen LogP contribution in [0.3, 0.4) is 0 Å². The molecule has 3 rings (SSSR count). The van der Waals surface area contributed by atoms with Gasteiger partial charge in [-0.25, -0.2) is 4.79 Å². The smallest absolute Gasteiger partial charge is 0.335 e. The Morgan fingerprint density at radius 1 is 0.808 bits per heavy atom. The topological polar surface area (TPSA) is 87.0 Å². The van der Waals surface area contributed by atoms with Crippen LogP contribution in [0.4, 0.5) is 0 Å². The number of aliphatic hydroxyl groups is 1. The third-order valence-electron chi connectivity index (χ3n) is 3.93. The quantitative estimate of drug-likeness (QED) is 0.629. The molecule has 0 aliphatic carbocycles. The van der Waals surface area contributed by atoms with Gasteiger partial charge < -0.3 is 20.1 Å². The Kier molecular flexibility index (Phi) is 5.20. The molecule has 26 heavy (non-hydrogen) atoms. The van der Waals surface area contributed by atoms with Crippen molar-refractivity contribution in [1.29, 1.82) is 0 Å². The average Bonchev–Trinajstić information content (AvgIpc) is 2.67. The van der Waals surface area contributed by atoms with Crippen LogP contribution in [-0.4, -0.2) is 34.5 Å². The monoisotopic (exact) mass is 350 g/mol. The molecule has 0 saturated heterocycles. The number of rotatable bonds is 6. The van der Waals surface area contributed by atoms with Crippen LogP contribution in [0.25, 0.3) is 22.3 Å². The van der Waals surface area contributed by atoms with E-state index >= 15 is 0 Å². The molecule has 0 aliphatic heterocycles. The number of carboxylic acids is 1. The summed E-state index contributed by atoms with van der Waals surface area (Å²) in [5.74, 6) is -0.215. The first-order valence-corrected chi connectivity index (χ1v) is 8.09. The number of phenols is 1. The highest BCUT2D eigenvalue weighted by molar-refractivity contribution is 5.92. The Bertz CT molecular complexity index is 899. The maximum atomic E-state index is 11.5. The minimum absolute atomic E-state index is 0.0571. The van der Waals surface area contributed by atoms with Gasteiger partial charge in [0.25, 0.3) is 0 Å². The van der Waals surface area contributed by atoms with Crippen molar-refractivity contribution in [3.05, 3.63) is 72.3 Å². The molecule has 0 atom stereocenters. The van der Waals surface area contributed by atoms with E-state index in [1.807, 2.05) is 18.2 Å². The number of carbonyl (C=O) groups is 1. The number of aromatic hydroxyl groups is 1. The lowest BCUT2D eigenvalue weighted by molar-refractivity contribution is 0.0697. The maximum absolute atomic E-state index is 11.5. The third kappa shape index (κ3) is 4.02. The molecule has 0 amide bonds. The van der Waals surface area contributed by atoms with E-state index in [0.717, 1.165) is 22.3 Å². The minimum Gasteiger partial charge on any atom is -0.508 e. The zero-order chi connectivity index (χ0) is 18.5. The van der Waals surface area contributed by atoms with Gasteiger partial charge in [0.2, 0.25) is 0 Å². The first-order chi connectivity index (χ1) is 12.6. The lowest BCUT2D eigenvalue weighted by Gasteiger charge is -2.10. The number of ether oxygens (including phenoxy) is 1. The zero-order valence-electron chi connectivity index (χ0n) is 13.9. The zero-order valence-corrected chi connectivity index (χ0v) is 13.9. The van der Waals surface area contributed by atoms with Crippen molar-refractivity contribution < 1.29 is 24.9 Å². The van der Waals surface area contributed by atoms with Crippen LogP contribution < -0.4 is 4.74 Å². The van der Waals surface area contributed by atoms with Crippen molar-refractivity contribution in [2.24, 2.45) is 0 Å². The molecule has 3 N–H and O–H groups in total. The van der Waals surface area contributed by atoms with Crippen LogP contribution in [0.1, 0.15) is 10.4 Å². The van der Waals surface area contributed by atoms with Gasteiger partial charge in [-0.1, -0.05) is 24.3 Å². The maximum Gasteiger partial charge on any atom is 0.335 e. The Morgan fingerprint density at radius 2 is 1.35 bits per heavy atom. The number of aliphatic hydroxyl groups excluding tert-OH is 1. The molecule has 5 nitrogen and oxygen atoms in total. The summed E-state index contributed by atoms with van der Waals surface area (Å²) in [4.78, 5) is 11.5. The number of benzene rings is 3. The van der Waals surface area contributed by atoms with Crippen molar-refractivity contribution in [3.8, 4) is 33.8 Å². The SMILES string of the molecule is O=C(O)c1cc(-c2ccc(O)cc2)cc(-c2ccc(OCCO)cc2)c1. The Morgan fingerprint density at radius 3 is 1.85 bits per heavy atom.